The number of carbonyl (C=O) groups excluding carboxylic acids is 1. The van der Waals surface area contributed by atoms with Crippen molar-refractivity contribution in [3.8, 4) is 11.5 Å². The van der Waals surface area contributed by atoms with E-state index >= 15 is 0 Å². The molecule has 0 saturated heterocycles. The number of amides is 1. The Balaban J connectivity index is 1.81. The SMILES string of the molecule is CCOc1cc(Br)c(CC(=O)N(CC)Cc2nc3ccccc3c(=O)[nH]2)cc1OCC. The van der Waals surface area contributed by atoms with Crippen molar-refractivity contribution >= 4 is 32.7 Å². The summed E-state index contributed by atoms with van der Waals surface area (Å²) in [4.78, 5) is 34.3. The minimum Gasteiger partial charge on any atom is -0.490 e. The van der Waals surface area contributed by atoms with Gasteiger partial charge in [0.05, 0.1) is 37.1 Å². The molecule has 1 N–H and O–H groups in total. The quantitative estimate of drug-likeness (QED) is 0.491. The number of halogens is 1. The molecule has 0 aliphatic heterocycles. The Morgan fingerprint density at radius 2 is 1.77 bits per heavy atom. The molecule has 3 rings (SSSR count). The molecular weight excluding hydrogens is 462 g/mol. The van der Waals surface area contributed by atoms with Crippen LogP contribution in [0, 0.1) is 0 Å². The Hall–Kier alpha value is -2.87. The van der Waals surface area contributed by atoms with Gasteiger partial charge in [0.2, 0.25) is 5.91 Å². The Morgan fingerprint density at radius 1 is 1.10 bits per heavy atom. The highest BCUT2D eigenvalue weighted by Gasteiger charge is 2.18. The first-order chi connectivity index (χ1) is 15.0. The van der Waals surface area contributed by atoms with Gasteiger partial charge in [-0.05, 0) is 50.6 Å². The number of likely N-dealkylation sites (N-methyl/N-ethyl adjacent to an activating group) is 1. The highest BCUT2D eigenvalue weighted by molar-refractivity contribution is 9.10. The summed E-state index contributed by atoms with van der Waals surface area (Å²) in [6.07, 6.45) is 0.179. The van der Waals surface area contributed by atoms with Gasteiger partial charge in [-0.25, -0.2) is 4.98 Å². The van der Waals surface area contributed by atoms with Crippen molar-refractivity contribution < 1.29 is 14.3 Å². The van der Waals surface area contributed by atoms with E-state index in [1.165, 1.54) is 0 Å². The maximum Gasteiger partial charge on any atom is 0.258 e. The zero-order valence-electron chi connectivity index (χ0n) is 17.9. The monoisotopic (exact) mass is 487 g/mol. The number of aromatic nitrogens is 2. The number of hydrogen-bond donors (Lipinski definition) is 1. The molecule has 3 aromatic rings. The van der Waals surface area contributed by atoms with Crippen LogP contribution in [-0.4, -0.2) is 40.5 Å². The van der Waals surface area contributed by atoms with Crippen LogP contribution in [0.5, 0.6) is 11.5 Å². The molecule has 7 nitrogen and oxygen atoms in total. The molecule has 2 aromatic carbocycles. The van der Waals surface area contributed by atoms with Gasteiger partial charge >= 0.3 is 0 Å². The fourth-order valence-electron chi connectivity index (χ4n) is 3.29. The van der Waals surface area contributed by atoms with Gasteiger partial charge in [-0.15, -0.1) is 0 Å². The van der Waals surface area contributed by atoms with Crippen LogP contribution in [0.4, 0.5) is 0 Å². The summed E-state index contributed by atoms with van der Waals surface area (Å²) in [6, 6.07) is 10.8. The van der Waals surface area contributed by atoms with Crippen molar-refractivity contribution in [3.05, 3.63) is 62.6 Å². The molecule has 0 unspecified atom stereocenters. The smallest absolute Gasteiger partial charge is 0.258 e. The van der Waals surface area contributed by atoms with Crippen LogP contribution in [0.1, 0.15) is 32.2 Å². The van der Waals surface area contributed by atoms with Gasteiger partial charge in [0, 0.05) is 11.0 Å². The van der Waals surface area contributed by atoms with E-state index in [0.717, 1.165) is 10.0 Å². The number of para-hydroxylation sites is 1. The summed E-state index contributed by atoms with van der Waals surface area (Å²) in [6.45, 7) is 7.44. The molecular formula is C23H26BrN3O4. The first kappa shape index (κ1) is 22.8. The van der Waals surface area contributed by atoms with E-state index in [0.29, 0.717) is 48.0 Å². The Kier molecular flexibility index (Phi) is 7.68. The van der Waals surface area contributed by atoms with E-state index in [1.54, 1.807) is 23.1 Å². The second-order valence-corrected chi connectivity index (χ2v) is 7.73. The molecule has 0 spiro atoms. The molecule has 0 fully saturated rings. The molecule has 0 radical (unpaired) electrons. The zero-order valence-corrected chi connectivity index (χ0v) is 19.5. The van der Waals surface area contributed by atoms with Crippen molar-refractivity contribution in [2.24, 2.45) is 0 Å². The van der Waals surface area contributed by atoms with E-state index in [4.69, 9.17) is 9.47 Å². The van der Waals surface area contributed by atoms with E-state index in [1.807, 2.05) is 39.0 Å². The van der Waals surface area contributed by atoms with E-state index in [-0.39, 0.29) is 24.4 Å². The number of fused-ring (bicyclic) bond motifs is 1. The lowest BCUT2D eigenvalue weighted by molar-refractivity contribution is -0.131. The van der Waals surface area contributed by atoms with Gasteiger partial charge in [-0.3, -0.25) is 9.59 Å². The Bertz CT molecular complexity index is 1130. The number of nitrogens with zero attached hydrogens (tertiary/aromatic N) is 2. The first-order valence-corrected chi connectivity index (χ1v) is 11.1. The van der Waals surface area contributed by atoms with Crippen molar-refractivity contribution in [2.45, 2.75) is 33.7 Å². The van der Waals surface area contributed by atoms with Crippen LogP contribution in [-0.2, 0) is 17.8 Å². The molecule has 0 bridgehead atoms. The standard InChI is InChI=1S/C23H26BrN3O4/c1-4-27(14-21-25-18-10-8-7-9-16(18)23(29)26-21)22(28)12-15-11-19(30-5-2)20(31-6-3)13-17(15)24/h7-11,13H,4-6,12,14H2,1-3H3,(H,25,26,29). The van der Waals surface area contributed by atoms with E-state index < -0.39 is 0 Å². The molecule has 1 heterocycles. The summed E-state index contributed by atoms with van der Waals surface area (Å²) in [5.74, 6) is 1.63. The minimum atomic E-state index is -0.209. The van der Waals surface area contributed by atoms with E-state index in [2.05, 4.69) is 25.9 Å². The maximum atomic E-state index is 13.0. The van der Waals surface area contributed by atoms with Gasteiger partial charge in [0.25, 0.3) is 5.56 Å². The van der Waals surface area contributed by atoms with Gasteiger partial charge < -0.3 is 19.4 Å². The van der Waals surface area contributed by atoms with Crippen LogP contribution >= 0.6 is 15.9 Å². The van der Waals surface area contributed by atoms with Gasteiger partial charge in [-0.2, -0.15) is 0 Å². The lowest BCUT2D eigenvalue weighted by Gasteiger charge is -2.21. The third kappa shape index (κ3) is 5.44. The lowest BCUT2D eigenvalue weighted by atomic mass is 10.1. The normalized spacial score (nSPS) is 10.8. The maximum absolute atomic E-state index is 13.0. The molecule has 0 aliphatic rings. The van der Waals surface area contributed by atoms with Crippen molar-refractivity contribution in [1.82, 2.24) is 14.9 Å². The number of carbonyl (C=O) groups is 1. The number of H-pyrrole nitrogens is 1. The molecule has 1 amide bonds. The topological polar surface area (TPSA) is 84.5 Å². The van der Waals surface area contributed by atoms with Crippen molar-refractivity contribution in [3.63, 3.8) is 0 Å². The fraction of sp³-hybridized carbons (Fsp3) is 0.348. The van der Waals surface area contributed by atoms with Gasteiger partial charge in [-0.1, -0.05) is 28.1 Å². The third-order valence-electron chi connectivity index (χ3n) is 4.79. The highest BCUT2D eigenvalue weighted by Crippen LogP contribution is 2.34. The number of rotatable bonds is 9. The largest absolute Gasteiger partial charge is 0.490 e. The molecule has 164 valence electrons. The highest BCUT2D eigenvalue weighted by atomic mass is 79.9. The Morgan fingerprint density at radius 3 is 2.45 bits per heavy atom. The third-order valence-corrected chi connectivity index (χ3v) is 5.53. The van der Waals surface area contributed by atoms with Gasteiger partial charge in [0.1, 0.15) is 5.82 Å². The van der Waals surface area contributed by atoms with Crippen LogP contribution in [0.15, 0.2) is 45.7 Å². The molecule has 0 saturated carbocycles. The fourth-order valence-corrected chi connectivity index (χ4v) is 3.75. The second-order valence-electron chi connectivity index (χ2n) is 6.87. The predicted molar refractivity (Wildman–Crippen MR) is 124 cm³/mol. The number of benzene rings is 2. The minimum absolute atomic E-state index is 0.0781. The average molecular weight is 488 g/mol. The second kappa shape index (κ2) is 10.4. The first-order valence-electron chi connectivity index (χ1n) is 10.3. The van der Waals surface area contributed by atoms with Crippen LogP contribution in [0.3, 0.4) is 0 Å². The average Bonchev–Trinajstić information content (AvgIpc) is 2.75. The van der Waals surface area contributed by atoms with Gasteiger partial charge in [0.15, 0.2) is 11.5 Å². The summed E-state index contributed by atoms with van der Waals surface area (Å²) >= 11 is 3.54. The summed E-state index contributed by atoms with van der Waals surface area (Å²) in [7, 11) is 0. The molecule has 0 atom stereocenters. The van der Waals surface area contributed by atoms with Crippen molar-refractivity contribution in [1.29, 1.82) is 0 Å². The van der Waals surface area contributed by atoms with Crippen LogP contribution < -0.4 is 15.0 Å². The molecule has 8 heteroatoms. The number of ether oxygens (including phenoxy) is 2. The summed E-state index contributed by atoms with van der Waals surface area (Å²) in [5.41, 5.74) is 1.20. The van der Waals surface area contributed by atoms with E-state index in [9.17, 15) is 9.59 Å². The number of hydrogen-bond acceptors (Lipinski definition) is 5. The Labute approximate surface area is 189 Å². The van der Waals surface area contributed by atoms with Crippen molar-refractivity contribution in [2.75, 3.05) is 19.8 Å². The number of aromatic amines is 1. The zero-order chi connectivity index (χ0) is 22.4. The molecule has 31 heavy (non-hydrogen) atoms. The number of nitrogens with one attached hydrogen (secondary N) is 1. The molecule has 1 aromatic heterocycles. The summed E-state index contributed by atoms with van der Waals surface area (Å²) in [5, 5.41) is 0.530. The lowest BCUT2D eigenvalue weighted by Crippen LogP contribution is -2.33. The van der Waals surface area contributed by atoms with Crippen LogP contribution in [0.2, 0.25) is 0 Å². The summed E-state index contributed by atoms with van der Waals surface area (Å²) < 4.78 is 12.1. The predicted octanol–water partition coefficient (Wildman–Crippen LogP) is 4.07. The van der Waals surface area contributed by atoms with Crippen LogP contribution in [0.25, 0.3) is 10.9 Å². The molecule has 0 aliphatic carbocycles.